The zero-order valence-corrected chi connectivity index (χ0v) is 29.2. The van der Waals surface area contributed by atoms with Gasteiger partial charge in [0.05, 0.1) is 26.8 Å². The highest BCUT2D eigenvalue weighted by Crippen LogP contribution is 2.29. The maximum atomic E-state index is 14.0. The number of ether oxygens (including phenoxy) is 3. The smallest absolute Gasteiger partial charge is 0.254 e. The van der Waals surface area contributed by atoms with Gasteiger partial charge in [-0.3, -0.25) is 19.3 Å². The minimum Gasteiger partial charge on any atom is -0.493 e. The summed E-state index contributed by atoms with van der Waals surface area (Å²) in [5.74, 6) is 0.562. The number of carbonyl (C=O) groups is 3. The highest BCUT2D eigenvalue weighted by atomic mass is 16.5. The van der Waals surface area contributed by atoms with Crippen molar-refractivity contribution in [2.45, 2.75) is 45.4 Å². The van der Waals surface area contributed by atoms with Crippen LogP contribution in [0.2, 0.25) is 0 Å². The molecular formula is C38H51N5O6. The fraction of sp³-hybridized carbons (Fsp3) is 0.447. The summed E-state index contributed by atoms with van der Waals surface area (Å²) in [7, 11) is 3.22. The summed E-state index contributed by atoms with van der Waals surface area (Å²) in [6.45, 7) is 7.55. The quantitative estimate of drug-likeness (QED) is 0.166. The van der Waals surface area contributed by atoms with Crippen LogP contribution in [-0.4, -0.2) is 99.8 Å². The highest BCUT2D eigenvalue weighted by Gasteiger charge is 2.36. The van der Waals surface area contributed by atoms with Gasteiger partial charge in [-0.05, 0) is 43.2 Å². The van der Waals surface area contributed by atoms with Crippen LogP contribution in [0.4, 0.5) is 0 Å². The highest BCUT2D eigenvalue weighted by molar-refractivity contribution is 5.95. The Morgan fingerprint density at radius 3 is 1.98 bits per heavy atom. The molecule has 11 heteroatoms. The molecule has 3 aromatic rings. The number of hydrogen-bond donors (Lipinski definition) is 3. The number of hydrogen-bond acceptors (Lipinski definition) is 8. The van der Waals surface area contributed by atoms with E-state index >= 15 is 0 Å². The third-order valence-corrected chi connectivity index (χ3v) is 8.61. The number of nitrogens with zero attached hydrogens (tertiary/aromatic N) is 2. The number of rotatable bonds is 19. The van der Waals surface area contributed by atoms with Crippen molar-refractivity contribution in [1.29, 1.82) is 0 Å². The van der Waals surface area contributed by atoms with Crippen LogP contribution in [-0.2, 0) is 27.4 Å². The van der Waals surface area contributed by atoms with Gasteiger partial charge in [0.2, 0.25) is 11.8 Å². The van der Waals surface area contributed by atoms with Gasteiger partial charge in [-0.2, -0.15) is 0 Å². The van der Waals surface area contributed by atoms with E-state index in [1.165, 1.54) is 0 Å². The zero-order chi connectivity index (χ0) is 35.0. The lowest BCUT2D eigenvalue weighted by Crippen LogP contribution is -2.52. The van der Waals surface area contributed by atoms with Crippen LogP contribution in [0.25, 0.3) is 0 Å². The average molecular weight is 674 g/mol. The van der Waals surface area contributed by atoms with E-state index < -0.39 is 0 Å². The van der Waals surface area contributed by atoms with E-state index in [4.69, 9.17) is 14.2 Å². The van der Waals surface area contributed by atoms with Crippen LogP contribution < -0.4 is 25.4 Å². The van der Waals surface area contributed by atoms with Gasteiger partial charge in [-0.25, -0.2) is 0 Å². The van der Waals surface area contributed by atoms with Crippen LogP contribution in [0, 0.1) is 5.92 Å². The van der Waals surface area contributed by atoms with Gasteiger partial charge in [-0.15, -0.1) is 0 Å². The Labute approximate surface area is 290 Å². The lowest BCUT2D eigenvalue weighted by molar-refractivity contribution is -0.126. The van der Waals surface area contributed by atoms with E-state index in [0.717, 1.165) is 11.1 Å². The van der Waals surface area contributed by atoms with Crippen molar-refractivity contribution in [2.24, 2.45) is 5.92 Å². The van der Waals surface area contributed by atoms with E-state index in [0.29, 0.717) is 69.4 Å². The number of benzene rings is 3. The molecule has 0 aliphatic carbocycles. The fourth-order valence-corrected chi connectivity index (χ4v) is 5.95. The summed E-state index contributed by atoms with van der Waals surface area (Å²) in [6, 6.07) is 24.4. The van der Waals surface area contributed by atoms with Gasteiger partial charge in [0, 0.05) is 76.4 Å². The Kier molecular flexibility index (Phi) is 14.9. The molecule has 1 heterocycles. The predicted molar refractivity (Wildman–Crippen MR) is 189 cm³/mol. The monoisotopic (exact) mass is 673 g/mol. The SMILES string of the molecule is COCCCOc1cc(C(=O)N(C[C@@H]2CNC[C@H]2N(CC(=O)NCc2ccccc2)CC(=O)NCc2ccccc2)C(C)C)ccc1OC. The molecule has 0 saturated carbocycles. The van der Waals surface area contributed by atoms with Gasteiger partial charge in [0.1, 0.15) is 0 Å². The maximum Gasteiger partial charge on any atom is 0.254 e. The first-order valence-electron chi connectivity index (χ1n) is 17.0. The minimum atomic E-state index is -0.168. The summed E-state index contributed by atoms with van der Waals surface area (Å²) in [5, 5.41) is 9.47. The molecule has 0 unspecified atom stereocenters. The summed E-state index contributed by atoms with van der Waals surface area (Å²) in [5.41, 5.74) is 2.49. The van der Waals surface area contributed by atoms with Gasteiger partial charge >= 0.3 is 0 Å². The molecule has 1 aliphatic rings. The summed E-state index contributed by atoms with van der Waals surface area (Å²) < 4.78 is 16.5. The Morgan fingerprint density at radius 2 is 1.43 bits per heavy atom. The largest absolute Gasteiger partial charge is 0.493 e. The summed E-state index contributed by atoms with van der Waals surface area (Å²) in [4.78, 5) is 44.4. The molecule has 4 rings (SSSR count). The Morgan fingerprint density at radius 1 is 0.816 bits per heavy atom. The van der Waals surface area contributed by atoms with Gasteiger partial charge in [0.15, 0.2) is 11.5 Å². The Hall–Kier alpha value is -4.45. The Bertz CT molecular complexity index is 1410. The zero-order valence-electron chi connectivity index (χ0n) is 29.2. The van der Waals surface area contributed by atoms with Gasteiger partial charge < -0.3 is 35.1 Å². The van der Waals surface area contributed by atoms with Crippen molar-refractivity contribution in [2.75, 3.05) is 60.2 Å². The fourth-order valence-electron chi connectivity index (χ4n) is 5.95. The molecule has 3 amide bonds. The van der Waals surface area contributed by atoms with Crippen molar-refractivity contribution < 1.29 is 28.6 Å². The van der Waals surface area contributed by atoms with E-state index in [1.54, 1.807) is 32.4 Å². The minimum absolute atomic E-state index is 0.0294. The van der Waals surface area contributed by atoms with Crippen molar-refractivity contribution in [3.63, 3.8) is 0 Å². The third-order valence-electron chi connectivity index (χ3n) is 8.61. The molecular weight excluding hydrogens is 622 g/mol. The van der Waals surface area contributed by atoms with Crippen LogP contribution in [0.5, 0.6) is 11.5 Å². The summed E-state index contributed by atoms with van der Waals surface area (Å²) >= 11 is 0. The van der Waals surface area contributed by atoms with E-state index in [2.05, 4.69) is 16.0 Å². The van der Waals surface area contributed by atoms with Crippen LogP contribution in [0.3, 0.4) is 0 Å². The molecule has 49 heavy (non-hydrogen) atoms. The molecule has 0 bridgehead atoms. The predicted octanol–water partition coefficient (Wildman–Crippen LogP) is 3.48. The van der Waals surface area contributed by atoms with E-state index in [9.17, 15) is 14.4 Å². The van der Waals surface area contributed by atoms with Gasteiger partial charge in [0.25, 0.3) is 5.91 Å². The van der Waals surface area contributed by atoms with E-state index in [1.807, 2.05) is 84.3 Å². The number of amides is 3. The number of methoxy groups -OCH3 is 2. The molecule has 0 radical (unpaired) electrons. The average Bonchev–Trinajstić information content (AvgIpc) is 3.59. The normalized spacial score (nSPS) is 15.6. The second kappa shape index (κ2) is 19.5. The van der Waals surface area contributed by atoms with Gasteiger partial charge in [-0.1, -0.05) is 60.7 Å². The van der Waals surface area contributed by atoms with Crippen LogP contribution >= 0.6 is 0 Å². The molecule has 0 aromatic heterocycles. The lowest BCUT2D eigenvalue weighted by atomic mass is 9.99. The molecule has 3 N–H and O–H groups in total. The first-order chi connectivity index (χ1) is 23.8. The molecule has 1 saturated heterocycles. The van der Waals surface area contributed by atoms with Crippen LogP contribution in [0.15, 0.2) is 78.9 Å². The number of nitrogens with one attached hydrogen (secondary N) is 3. The van der Waals surface area contributed by atoms with E-state index in [-0.39, 0.29) is 48.8 Å². The Balaban J connectivity index is 1.48. The first-order valence-corrected chi connectivity index (χ1v) is 17.0. The van der Waals surface area contributed by atoms with Crippen molar-refractivity contribution in [1.82, 2.24) is 25.8 Å². The molecule has 2 atom stereocenters. The molecule has 11 nitrogen and oxygen atoms in total. The van der Waals surface area contributed by atoms with Crippen molar-refractivity contribution in [3.05, 3.63) is 95.6 Å². The second-order valence-electron chi connectivity index (χ2n) is 12.5. The molecule has 0 spiro atoms. The molecule has 264 valence electrons. The molecule has 1 aliphatic heterocycles. The standard InChI is InChI=1S/C38H51N5O6/c1-28(2)43(38(46)31-16-17-34(48-4)35(20-31)49-19-11-18-47-3)25-32-23-39-24-33(32)42(26-36(44)40-21-29-12-7-5-8-13-29)27-37(45)41-22-30-14-9-6-10-15-30/h5-10,12-17,20,28,32-33,39H,11,18-19,21-27H2,1-4H3,(H,40,44)(H,41,45)/t32-,33+/m0/s1. The van der Waals surface area contributed by atoms with Crippen molar-refractivity contribution in [3.8, 4) is 11.5 Å². The third kappa shape index (κ3) is 11.6. The molecule has 3 aromatic carbocycles. The maximum absolute atomic E-state index is 14.0. The number of carbonyl (C=O) groups excluding carboxylic acids is 3. The lowest BCUT2D eigenvalue weighted by Gasteiger charge is -2.36. The molecule has 1 fully saturated rings. The van der Waals surface area contributed by atoms with Crippen molar-refractivity contribution >= 4 is 17.7 Å². The second-order valence-corrected chi connectivity index (χ2v) is 12.5. The summed E-state index contributed by atoms with van der Waals surface area (Å²) in [6.07, 6.45) is 0.705. The first kappa shape index (κ1) is 37.4. The topological polar surface area (TPSA) is 121 Å². The van der Waals surface area contributed by atoms with Crippen LogP contribution in [0.1, 0.15) is 41.8 Å².